The van der Waals surface area contributed by atoms with Gasteiger partial charge in [-0.3, -0.25) is 9.69 Å². The molecule has 7 nitrogen and oxygen atoms in total. The summed E-state index contributed by atoms with van der Waals surface area (Å²) in [6, 6.07) is 9.02. The van der Waals surface area contributed by atoms with Gasteiger partial charge in [0, 0.05) is 41.8 Å². The molecule has 1 aromatic heterocycles. The van der Waals surface area contributed by atoms with E-state index in [1.165, 1.54) is 37.7 Å². The highest BCUT2D eigenvalue weighted by Crippen LogP contribution is 2.36. The van der Waals surface area contributed by atoms with E-state index in [4.69, 9.17) is 16.3 Å². The maximum atomic E-state index is 13.6. The second-order valence-electron chi connectivity index (χ2n) is 10.3. The molecular formula is C29H33ClFN5O2. The second-order valence-corrected chi connectivity index (χ2v) is 10.7. The Balaban J connectivity index is 1.38. The third-order valence-electron chi connectivity index (χ3n) is 7.31. The van der Waals surface area contributed by atoms with Gasteiger partial charge in [-0.1, -0.05) is 24.1 Å². The van der Waals surface area contributed by atoms with E-state index in [-0.39, 0.29) is 10.9 Å². The lowest BCUT2D eigenvalue weighted by Crippen LogP contribution is -2.43. The predicted octanol–water partition coefficient (Wildman–Crippen LogP) is 6.71. The molecule has 3 aromatic rings. The Kier molecular flexibility index (Phi) is 8.09. The molecule has 0 unspecified atom stereocenters. The van der Waals surface area contributed by atoms with E-state index in [1.54, 1.807) is 12.1 Å². The van der Waals surface area contributed by atoms with Crippen LogP contribution in [0, 0.1) is 11.7 Å². The number of nitrogens with one attached hydrogen (secondary N) is 2. The van der Waals surface area contributed by atoms with Crippen LogP contribution in [0.3, 0.4) is 0 Å². The minimum atomic E-state index is -0.496. The number of benzene rings is 2. The normalized spacial score (nSPS) is 20.1. The molecule has 2 aliphatic rings. The fraction of sp³-hybridized carbons (Fsp3) is 0.414. The molecule has 1 aliphatic heterocycles. The van der Waals surface area contributed by atoms with Crippen LogP contribution in [0.15, 0.2) is 48.8 Å². The molecule has 1 saturated heterocycles. The number of nitrogens with zero attached hydrogens (tertiary/aromatic N) is 3. The Morgan fingerprint density at radius 3 is 2.68 bits per heavy atom. The number of rotatable bonds is 9. The third-order valence-corrected chi connectivity index (χ3v) is 7.60. The van der Waals surface area contributed by atoms with Crippen molar-refractivity contribution in [3.05, 3.63) is 59.7 Å². The molecule has 200 valence electrons. The van der Waals surface area contributed by atoms with E-state index < -0.39 is 5.82 Å². The molecule has 9 heteroatoms. The van der Waals surface area contributed by atoms with Crippen molar-refractivity contribution in [3.8, 4) is 5.75 Å². The molecule has 1 aliphatic carbocycles. The van der Waals surface area contributed by atoms with E-state index >= 15 is 0 Å². The summed E-state index contributed by atoms with van der Waals surface area (Å²) in [6.07, 6.45) is 10.9. The number of anilines is 3. The van der Waals surface area contributed by atoms with Gasteiger partial charge in [0.1, 0.15) is 23.7 Å². The van der Waals surface area contributed by atoms with Crippen molar-refractivity contribution in [2.75, 3.05) is 23.8 Å². The summed E-state index contributed by atoms with van der Waals surface area (Å²) in [4.78, 5) is 24.1. The Morgan fingerprint density at radius 1 is 1.16 bits per heavy atom. The summed E-state index contributed by atoms with van der Waals surface area (Å²) in [5, 5.41) is 6.86. The molecule has 0 bridgehead atoms. The Hall–Kier alpha value is -3.23. The third kappa shape index (κ3) is 6.42. The van der Waals surface area contributed by atoms with Crippen molar-refractivity contribution in [1.29, 1.82) is 0 Å². The van der Waals surface area contributed by atoms with Crippen LogP contribution >= 0.6 is 11.6 Å². The molecule has 2 heterocycles. The first-order valence-corrected chi connectivity index (χ1v) is 13.6. The van der Waals surface area contributed by atoms with Gasteiger partial charge in [-0.2, -0.15) is 0 Å². The zero-order chi connectivity index (χ0) is 26.6. The number of halogens is 2. The van der Waals surface area contributed by atoms with E-state index in [1.807, 2.05) is 18.2 Å². The van der Waals surface area contributed by atoms with E-state index in [2.05, 4.69) is 39.3 Å². The van der Waals surface area contributed by atoms with Crippen molar-refractivity contribution < 1.29 is 13.9 Å². The first kappa shape index (κ1) is 26.4. The van der Waals surface area contributed by atoms with Gasteiger partial charge in [0.2, 0.25) is 5.91 Å². The zero-order valence-corrected chi connectivity index (χ0v) is 22.5. The van der Waals surface area contributed by atoms with Crippen LogP contribution in [-0.4, -0.2) is 46.0 Å². The van der Waals surface area contributed by atoms with Crippen LogP contribution in [0.5, 0.6) is 5.75 Å². The number of ether oxygens (including phenoxy) is 1. The van der Waals surface area contributed by atoms with Crippen LogP contribution in [0.4, 0.5) is 21.6 Å². The smallest absolute Gasteiger partial charge is 0.248 e. The van der Waals surface area contributed by atoms with E-state index in [0.717, 1.165) is 19.4 Å². The lowest BCUT2D eigenvalue weighted by Gasteiger charge is -2.38. The maximum absolute atomic E-state index is 13.6. The molecule has 2 atom stereocenters. The molecule has 0 spiro atoms. The molecule has 2 aromatic carbocycles. The quantitative estimate of drug-likeness (QED) is 0.295. The fourth-order valence-corrected chi connectivity index (χ4v) is 5.07. The monoisotopic (exact) mass is 537 g/mol. The molecule has 38 heavy (non-hydrogen) atoms. The summed E-state index contributed by atoms with van der Waals surface area (Å²) >= 11 is 5.95. The second kappa shape index (κ2) is 11.7. The molecule has 0 radical (unpaired) electrons. The maximum Gasteiger partial charge on any atom is 0.248 e. The van der Waals surface area contributed by atoms with Crippen LogP contribution in [0.25, 0.3) is 10.9 Å². The molecule has 2 fully saturated rings. The van der Waals surface area contributed by atoms with Crippen LogP contribution in [0.2, 0.25) is 5.02 Å². The van der Waals surface area contributed by atoms with Crippen molar-refractivity contribution in [2.24, 2.45) is 5.92 Å². The summed E-state index contributed by atoms with van der Waals surface area (Å²) in [6.45, 7) is 5.82. The molecule has 2 N–H and O–H groups in total. The van der Waals surface area contributed by atoms with Gasteiger partial charge in [0.15, 0.2) is 0 Å². The Morgan fingerprint density at radius 2 is 1.95 bits per heavy atom. The summed E-state index contributed by atoms with van der Waals surface area (Å²) in [7, 11) is 0. The molecule has 1 saturated carbocycles. The SMILES string of the molecule is C[C@@H]1CCC[C@H](C)N1CC=CC(=O)Nc1cc2c(Nc3ccc(F)c(Cl)c3)ncnc2cc1OCC1CC1. The topological polar surface area (TPSA) is 79.4 Å². The minimum absolute atomic E-state index is 0.0113. The Bertz CT molecular complexity index is 1340. The minimum Gasteiger partial charge on any atom is -0.491 e. The standard InChI is InChI=1S/C29H33ClFN5O2/c1-18-5-3-6-19(2)36(18)12-4-7-28(37)35-26-14-22-25(15-27(26)38-16-20-8-9-20)32-17-33-29(22)34-21-10-11-24(31)23(30)13-21/h4,7,10-11,13-15,17-20H,3,5-6,8-9,12,16H2,1-2H3,(H,35,37)(H,32,33,34)/t18-,19+. The number of hydrogen-bond donors (Lipinski definition) is 2. The largest absolute Gasteiger partial charge is 0.491 e. The van der Waals surface area contributed by atoms with Gasteiger partial charge < -0.3 is 15.4 Å². The van der Waals surface area contributed by atoms with Gasteiger partial charge in [0.25, 0.3) is 0 Å². The molecule has 5 rings (SSSR count). The highest BCUT2D eigenvalue weighted by atomic mass is 35.5. The van der Waals surface area contributed by atoms with Gasteiger partial charge in [0.05, 0.1) is 22.8 Å². The van der Waals surface area contributed by atoms with Crippen LogP contribution in [-0.2, 0) is 4.79 Å². The zero-order valence-electron chi connectivity index (χ0n) is 21.7. The highest BCUT2D eigenvalue weighted by molar-refractivity contribution is 6.31. The van der Waals surface area contributed by atoms with Crippen molar-refractivity contribution in [2.45, 2.75) is 58.0 Å². The van der Waals surface area contributed by atoms with Gasteiger partial charge in [-0.25, -0.2) is 14.4 Å². The first-order chi connectivity index (χ1) is 18.4. The van der Waals surface area contributed by atoms with Crippen molar-refractivity contribution in [3.63, 3.8) is 0 Å². The number of piperidine rings is 1. The number of carbonyl (C=O) groups is 1. The predicted molar refractivity (Wildman–Crippen MR) is 150 cm³/mol. The summed E-state index contributed by atoms with van der Waals surface area (Å²) < 4.78 is 19.7. The fourth-order valence-electron chi connectivity index (χ4n) is 4.89. The summed E-state index contributed by atoms with van der Waals surface area (Å²) in [5.41, 5.74) is 1.78. The highest BCUT2D eigenvalue weighted by Gasteiger charge is 2.24. The van der Waals surface area contributed by atoms with Crippen molar-refractivity contribution >= 4 is 45.6 Å². The van der Waals surface area contributed by atoms with E-state index in [9.17, 15) is 9.18 Å². The summed E-state index contributed by atoms with van der Waals surface area (Å²) in [5.74, 6) is 0.900. The van der Waals surface area contributed by atoms with Crippen LogP contribution < -0.4 is 15.4 Å². The number of carbonyl (C=O) groups excluding carboxylic acids is 1. The average Bonchev–Trinajstić information content (AvgIpc) is 3.72. The number of hydrogen-bond acceptors (Lipinski definition) is 6. The van der Waals surface area contributed by atoms with Gasteiger partial charge in [-0.15, -0.1) is 0 Å². The van der Waals surface area contributed by atoms with Crippen LogP contribution in [0.1, 0.15) is 46.0 Å². The Labute approximate surface area is 227 Å². The molecule has 1 amide bonds. The lowest BCUT2D eigenvalue weighted by molar-refractivity contribution is -0.111. The van der Waals surface area contributed by atoms with Crippen molar-refractivity contribution in [1.82, 2.24) is 14.9 Å². The lowest BCUT2D eigenvalue weighted by atomic mass is 9.98. The first-order valence-electron chi connectivity index (χ1n) is 13.2. The average molecular weight is 538 g/mol. The number of likely N-dealkylation sites (tertiary alicyclic amines) is 1. The number of aromatic nitrogens is 2. The molecular weight excluding hydrogens is 505 g/mol. The number of amides is 1. The number of fused-ring (bicyclic) bond motifs is 1. The van der Waals surface area contributed by atoms with Gasteiger partial charge >= 0.3 is 0 Å². The van der Waals surface area contributed by atoms with Gasteiger partial charge in [-0.05, 0) is 69.7 Å². The van der Waals surface area contributed by atoms with E-state index in [0.29, 0.717) is 58.5 Å².